The van der Waals surface area contributed by atoms with Crippen molar-refractivity contribution >= 4 is 17.4 Å². The molecule has 8 heteroatoms. The first-order valence-corrected chi connectivity index (χ1v) is 9.40. The highest BCUT2D eigenvalue weighted by atomic mass is 16.5. The summed E-state index contributed by atoms with van der Waals surface area (Å²) in [7, 11) is 3.19. The summed E-state index contributed by atoms with van der Waals surface area (Å²) in [4.78, 5) is 12.5. The number of methoxy groups -OCH3 is 2. The fourth-order valence-electron chi connectivity index (χ4n) is 2.88. The van der Waals surface area contributed by atoms with E-state index in [1.54, 1.807) is 14.2 Å². The van der Waals surface area contributed by atoms with Gasteiger partial charge in [0, 0.05) is 12.2 Å². The molecule has 1 amide bonds. The number of anilines is 2. The van der Waals surface area contributed by atoms with Gasteiger partial charge in [0.05, 0.1) is 14.2 Å². The van der Waals surface area contributed by atoms with E-state index in [9.17, 15) is 4.79 Å². The number of benzene rings is 2. The molecule has 0 saturated carbocycles. The molecule has 0 aliphatic carbocycles. The fraction of sp³-hybridized carbons (Fsp3) is 0.286. The van der Waals surface area contributed by atoms with Gasteiger partial charge in [0.1, 0.15) is 0 Å². The number of aryl methyl sites for hydroxylation is 1. The van der Waals surface area contributed by atoms with Crippen LogP contribution in [0.25, 0.3) is 0 Å². The first-order valence-electron chi connectivity index (χ1n) is 9.40. The average molecular weight is 395 g/mol. The van der Waals surface area contributed by atoms with E-state index in [0.29, 0.717) is 30.3 Å². The number of H-pyrrole nitrogens is 1. The third kappa shape index (κ3) is 5.04. The summed E-state index contributed by atoms with van der Waals surface area (Å²) in [5, 5.41) is 16.5. The zero-order valence-electron chi connectivity index (χ0n) is 16.8. The van der Waals surface area contributed by atoms with Crippen molar-refractivity contribution in [1.82, 2.24) is 20.7 Å². The Hall–Kier alpha value is -3.55. The average Bonchev–Trinajstić information content (AvgIpc) is 3.22. The van der Waals surface area contributed by atoms with E-state index < -0.39 is 0 Å². The van der Waals surface area contributed by atoms with Crippen LogP contribution < -0.4 is 20.1 Å². The highest BCUT2D eigenvalue weighted by Gasteiger charge is 2.16. The van der Waals surface area contributed by atoms with Crippen LogP contribution in [0.2, 0.25) is 0 Å². The number of aromatic nitrogens is 3. The molecule has 3 N–H and O–H groups in total. The summed E-state index contributed by atoms with van der Waals surface area (Å²) < 4.78 is 10.5. The van der Waals surface area contributed by atoms with E-state index in [2.05, 4.69) is 33.0 Å². The van der Waals surface area contributed by atoms with Crippen molar-refractivity contribution < 1.29 is 14.3 Å². The number of nitrogens with zero attached hydrogens (tertiary/aromatic N) is 2. The van der Waals surface area contributed by atoms with Gasteiger partial charge in [-0.2, -0.15) is 5.21 Å². The molecule has 3 rings (SSSR count). The minimum Gasteiger partial charge on any atom is -0.493 e. The van der Waals surface area contributed by atoms with Crippen LogP contribution in [0.5, 0.6) is 11.5 Å². The summed E-state index contributed by atoms with van der Waals surface area (Å²) in [6, 6.07) is 13.7. The molecule has 0 radical (unpaired) electrons. The van der Waals surface area contributed by atoms with Gasteiger partial charge in [-0.25, -0.2) is 0 Å². The Labute approximate surface area is 169 Å². The smallest absolute Gasteiger partial charge is 0.275 e. The molecule has 3 aromatic rings. The molecule has 0 aliphatic rings. The van der Waals surface area contributed by atoms with E-state index in [0.717, 1.165) is 17.7 Å². The predicted octanol–water partition coefficient (Wildman–Crippen LogP) is 3.10. The first-order chi connectivity index (χ1) is 14.1. The van der Waals surface area contributed by atoms with Crippen LogP contribution in [0.4, 0.5) is 11.5 Å². The highest BCUT2D eigenvalue weighted by Crippen LogP contribution is 2.27. The number of ether oxygens (including phenoxy) is 2. The Morgan fingerprint density at radius 2 is 1.72 bits per heavy atom. The minimum atomic E-state index is -0.299. The molecule has 0 unspecified atom stereocenters. The second kappa shape index (κ2) is 9.59. The zero-order valence-corrected chi connectivity index (χ0v) is 16.8. The molecule has 29 heavy (non-hydrogen) atoms. The normalized spacial score (nSPS) is 10.4. The van der Waals surface area contributed by atoms with E-state index in [1.807, 2.05) is 42.5 Å². The van der Waals surface area contributed by atoms with E-state index in [1.165, 1.54) is 5.56 Å². The lowest BCUT2D eigenvalue weighted by Crippen LogP contribution is -2.26. The molecular weight excluding hydrogens is 370 g/mol. The zero-order chi connectivity index (χ0) is 20.6. The number of hydrogen-bond acceptors (Lipinski definition) is 6. The van der Waals surface area contributed by atoms with Crippen molar-refractivity contribution in [3.05, 3.63) is 59.3 Å². The first kappa shape index (κ1) is 20.2. The molecule has 2 aromatic carbocycles. The van der Waals surface area contributed by atoms with E-state index in [4.69, 9.17) is 9.47 Å². The maximum Gasteiger partial charge on any atom is 0.275 e. The van der Waals surface area contributed by atoms with Gasteiger partial charge in [-0.15, -0.1) is 10.2 Å². The molecule has 0 saturated heterocycles. The van der Waals surface area contributed by atoms with Crippen molar-refractivity contribution in [2.24, 2.45) is 0 Å². The minimum absolute atomic E-state index is 0.219. The third-order valence-electron chi connectivity index (χ3n) is 4.54. The van der Waals surface area contributed by atoms with Crippen LogP contribution in [0.3, 0.4) is 0 Å². The summed E-state index contributed by atoms with van der Waals surface area (Å²) in [6.07, 6.45) is 1.61. The van der Waals surface area contributed by atoms with Gasteiger partial charge in [-0.3, -0.25) is 4.79 Å². The number of carbonyl (C=O) groups is 1. The monoisotopic (exact) mass is 395 g/mol. The Bertz CT molecular complexity index is 953. The molecule has 8 nitrogen and oxygen atoms in total. The summed E-state index contributed by atoms with van der Waals surface area (Å²) in [6.45, 7) is 2.55. The lowest BCUT2D eigenvalue weighted by molar-refractivity contribution is 0.0950. The SMILES string of the molecule is CCc1ccc(Nc2n[nH]nc2C(=O)NCCc2ccc(OC)c(OC)c2)cc1. The lowest BCUT2D eigenvalue weighted by atomic mass is 10.1. The molecule has 1 heterocycles. The standard InChI is InChI=1S/C21H25N5O3/c1-4-14-5-8-16(9-6-14)23-20-19(24-26-25-20)21(27)22-12-11-15-7-10-17(28-2)18(13-15)29-3/h5-10,13H,4,11-12H2,1-3H3,(H,22,27)(H2,23,24,25,26). The van der Waals surface area contributed by atoms with Crippen LogP contribution in [0.1, 0.15) is 28.5 Å². The number of rotatable bonds is 9. The van der Waals surface area contributed by atoms with Crippen molar-refractivity contribution in [2.45, 2.75) is 19.8 Å². The largest absolute Gasteiger partial charge is 0.493 e. The van der Waals surface area contributed by atoms with Crippen molar-refractivity contribution in [3.63, 3.8) is 0 Å². The van der Waals surface area contributed by atoms with E-state index >= 15 is 0 Å². The van der Waals surface area contributed by atoms with Gasteiger partial charge in [0.2, 0.25) is 0 Å². The number of carbonyl (C=O) groups excluding carboxylic acids is 1. The molecule has 0 spiro atoms. The van der Waals surface area contributed by atoms with Crippen LogP contribution in [0, 0.1) is 0 Å². The maximum atomic E-state index is 12.5. The number of nitrogens with one attached hydrogen (secondary N) is 3. The van der Waals surface area contributed by atoms with Gasteiger partial charge in [0.15, 0.2) is 23.0 Å². The van der Waals surface area contributed by atoms with Gasteiger partial charge in [-0.05, 0) is 48.2 Å². The third-order valence-corrected chi connectivity index (χ3v) is 4.54. The van der Waals surface area contributed by atoms with Gasteiger partial charge < -0.3 is 20.1 Å². The number of aromatic amines is 1. The van der Waals surface area contributed by atoms with Crippen LogP contribution >= 0.6 is 0 Å². The Morgan fingerprint density at radius 3 is 2.41 bits per heavy atom. The van der Waals surface area contributed by atoms with Gasteiger partial charge in [0.25, 0.3) is 5.91 Å². The van der Waals surface area contributed by atoms with Crippen LogP contribution in [-0.2, 0) is 12.8 Å². The summed E-state index contributed by atoms with van der Waals surface area (Å²) in [5.41, 5.74) is 3.33. The second-order valence-electron chi connectivity index (χ2n) is 6.39. The molecular formula is C21H25N5O3. The molecule has 0 atom stereocenters. The summed E-state index contributed by atoms with van der Waals surface area (Å²) in [5.74, 6) is 1.42. The second-order valence-corrected chi connectivity index (χ2v) is 6.39. The molecule has 0 aliphatic heterocycles. The predicted molar refractivity (Wildman–Crippen MR) is 111 cm³/mol. The number of hydrogen-bond donors (Lipinski definition) is 3. The fourth-order valence-corrected chi connectivity index (χ4v) is 2.88. The van der Waals surface area contributed by atoms with Crippen molar-refractivity contribution in [2.75, 3.05) is 26.1 Å². The molecule has 1 aromatic heterocycles. The van der Waals surface area contributed by atoms with Crippen LogP contribution in [-0.4, -0.2) is 42.1 Å². The Morgan fingerprint density at radius 1 is 1.00 bits per heavy atom. The number of amides is 1. The molecule has 0 fully saturated rings. The molecule has 152 valence electrons. The van der Waals surface area contributed by atoms with Gasteiger partial charge in [-0.1, -0.05) is 25.1 Å². The maximum absolute atomic E-state index is 12.5. The topological polar surface area (TPSA) is 101 Å². The Balaban J connectivity index is 1.58. The van der Waals surface area contributed by atoms with Crippen molar-refractivity contribution in [3.8, 4) is 11.5 Å². The highest BCUT2D eigenvalue weighted by molar-refractivity contribution is 5.97. The quantitative estimate of drug-likeness (QED) is 0.515. The summed E-state index contributed by atoms with van der Waals surface area (Å²) >= 11 is 0. The van der Waals surface area contributed by atoms with E-state index in [-0.39, 0.29) is 11.6 Å². The lowest BCUT2D eigenvalue weighted by Gasteiger charge is -2.10. The van der Waals surface area contributed by atoms with Crippen molar-refractivity contribution in [1.29, 1.82) is 0 Å². The Kier molecular flexibility index (Phi) is 6.67. The van der Waals surface area contributed by atoms with Gasteiger partial charge >= 0.3 is 0 Å². The molecule has 0 bridgehead atoms. The van der Waals surface area contributed by atoms with Crippen LogP contribution in [0.15, 0.2) is 42.5 Å².